The Kier molecular flexibility index (Phi) is 5.75. The summed E-state index contributed by atoms with van der Waals surface area (Å²) >= 11 is 0. The number of para-hydroxylation sites is 1. The predicted octanol–water partition coefficient (Wildman–Crippen LogP) is 4.87. The van der Waals surface area contributed by atoms with E-state index >= 15 is 0 Å². The Balaban J connectivity index is 1.42. The van der Waals surface area contributed by atoms with Crippen molar-refractivity contribution in [1.82, 2.24) is 4.90 Å². The van der Waals surface area contributed by atoms with E-state index in [1.807, 2.05) is 60.7 Å². The lowest BCUT2D eigenvalue weighted by Crippen LogP contribution is -2.33. The van der Waals surface area contributed by atoms with Crippen molar-refractivity contribution in [1.29, 1.82) is 0 Å². The summed E-state index contributed by atoms with van der Waals surface area (Å²) in [6, 6.07) is 21.2. The molecular weight excluding hydrogens is 418 g/mol. The first-order chi connectivity index (χ1) is 16.2. The summed E-state index contributed by atoms with van der Waals surface area (Å²) in [5, 5.41) is 0.870. The standard InChI is InChI=1S/C27H25NO5/c1-30-21-10-7-18(8-11-21)22-15-20-9-12-25-23(26(20)33-27(22)29)16-28(17-32-25)14-13-19-5-3-4-6-24(19)31-2/h3-12,15H,13-14,16-17H2,1-2H3. The summed E-state index contributed by atoms with van der Waals surface area (Å²) in [5.41, 5.74) is 3.58. The van der Waals surface area contributed by atoms with E-state index in [2.05, 4.69) is 11.0 Å². The third-order valence-corrected chi connectivity index (χ3v) is 6.04. The number of benzene rings is 3. The normalized spacial score (nSPS) is 13.4. The quantitative estimate of drug-likeness (QED) is 0.396. The van der Waals surface area contributed by atoms with Crippen LogP contribution in [0.5, 0.6) is 17.2 Å². The zero-order chi connectivity index (χ0) is 22.8. The molecule has 4 aromatic rings. The summed E-state index contributed by atoms with van der Waals surface area (Å²) in [5.74, 6) is 2.39. The minimum atomic E-state index is -0.368. The van der Waals surface area contributed by atoms with E-state index in [1.165, 1.54) is 0 Å². The van der Waals surface area contributed by atoms with Crippen molar-refractivity contribution in [2.24, 2.45) is 0 Å². The zero-order valence-corrected chi connectivity index (χ0v) is 18.7. The molecule has 0 spiro atoms. The van der Waals surface area contributed by atoms with Crippen LogP contribution in [0.15, 0.2) is 75.9 Å². The second-order valence-corrected chi connectivity index (χ2v) is 8.02. The lowest BCUT2D eigenvalue weighted by molar-refractivity contribution is 0.0966. The van der Waals surface area contributed by atoms with Crippen LogP contribution in [-0.4, -0.2) is 32.4 Å². The van der Waals surface area contributed by atoms with Gasteiger partial charge in [-0.05, 0) is 53.9 Å². The molecule has 1 aliphatic heterocycles. The molecule has 0 bridgehead atoms. The Morgan fingerprint density at radius 1 is 0.970 bits per heavy atom. The van der Waals surface area contributed by atoms with E-state index < -0.39 is 0 Å². The fraction of sp³-hybridized carbons (Fsp3) is 0.222. The van der Waals surface area contributed by atoms with Crippen LogP contribution in [0.25, 0.3) is 22.1 Å². The van der Waals surface area contributed by atoms with Gasteiger partial charge in [-0.2, -0.15) is 0 Å². The van der Waals surface area contributed by atoms with Crippen molar-refractivity contribution in [2.45, 2.75) is 13.0 Å². The summed E-state index contributed by atoms with van der Waals surface area (Å²) < 4.78 is 22.5. The molecule has 0 unspecified atom stereocenters. The van der Waals surface area contributed by atoms with Crippen LogP contribution in [0, 0.1) is 0 Å². The number of nitrogens with zero attached hydrogens (tertiary/aromatic N) is 1. The summed E-state index contributed by atoms with van der Waals surface area (Å²) in [4.78, 5) is 15.1. The van der Waals surface area contributed by atoms with Gasteiger partial charge in [0, 0.05) is 18.5 Å². The molecule has 5 rings (SSSR count). The summed E-state index contributed by atoms with van der Waals surface area (Å²) in [6.45, 7) is 1.93. The first kappa shape index (κ1) is 21.1. The van der Waals surface area contributed by atoms with Gasteiger partial charge in [-0.3, -0.25) is 4.90 Å². The van der Waals surface area contributed by atoms with Gasteiger partial charge in [-0.1, -0.05) is 30.3 Å². The van der Waals surface area contributed by atoms with Crippen molar-refractivity contribution >= 4 is 11.0 Å². The fourth-order valence-corrected chi connectivity index (χ4v) is 4.24. The average molecular weight is 443 g/mol. The van der Waals surface area contributed by atoms with Gasteiger partial charge in [0.15, 0.2) is 0 Å². The molecule has 2 heterocycles. The van der Waals surface area contributed by atoms with Crippen LogP contribution >= 0.6 is 0 Å². The zero-order valence-electron chi connectivity index (χ0n) is 18.7. The van der Waals surface area contributed by atoms with E-state index in [9.17, 15) is 4.79 Å². The van der Waals surface area contributed by atoms with Gasteiger partial charge in [-0.15, -0.1) is 0 Å². The SMILES string of the molecule is COc1ccc(-c2cc3ccc4c(c3oc2=O)CN(CCc2ccccc2OC)CO4)cc1. The molecular formula is C27H25NO5. The molecule has 0 saturated heterocycles. The van der Waals surface area contributed by atoms with Gasteiger partial charge in [0.2, 0.25) is 0 Å². The molecule has 168 valence electrons. The van der Waals surface area contributed by atoms with E-state index in [4.69, 9.17) is 18.6 Å². The van der Waals surface area contributed by atoms with Crippen molar-refractivity contribution in [3.8, 4) is 28.4 Å². The Bertz CT molecular complexity index is 1340. The number of fused-ring (bicyclic) bond motifs is 3. The molecule has 1 aliphatic rings. The minimum absolute atomic E-state index is 0.368. The first-order valence-corrected chi connectivity index (χ1v) is 10.9. The molecule has 1 aromatic heterocycles. The monoisotopic (exact) mass is 443 g/mol. The van der Waals surface area contributed by atoms with Crippen LogP contribution in [-0.2, 0) is 13.0 Å². The number of hydrogen-bond acceptors (Lipinski definition) is 6. The second kappa shape index (κ2) is 9.00. The molecule has 3 aromatic carbocycles. The molecule has 6 nitrogen and oxygen atoms in total. The lowest BCUT2D eigenvalue weighted by Gasteiger charge is -2.29. The third kappa shape index (κ3) is 4.17. The van der Waals surface area contributed by atoms with Crippen LogP contribution in [0.4, 0.5) is 0 Å². The van der Waals surface area contributed by atoms with Gasteiger partial charge in [0.05, 0.1) is 25.3 Å². The van der Waals surface area contributed by atoms with Crippen molar-refractivity contribution in [2.75, 3.05) is 27.5 Å². The van der Waals surface area contributed by atoms with Crippen LogP contribution in [0.1, 0.15) is 11.1 Å². The van der Waals surface area contributed by atoms with Gasteiger partial charge in [0.1, 0.15) is 29.6 Å². The first-order valence-electron chi connectivity index (χ1n) is 10.9. The summed E-state index contributed by atoms with van der Waals surface area (Å²) in [6.07, 6.45) is 0.832. The highest BCUT2D eigenvalue weighted by molar-refractivity contribution is 5.86. The summed E-state index contributed by atoms with van der Waals surface area (Å²) in [7, 11) is 3.30. The highest BCUT2D eigenvalue weighted by Crippen LogP contribution is 2.33. The van der Waals surface area contributed by atoms with Gasteiger partial charge in [0.25, 0.3) is 0 Å². The smallest absolute Gasteiger partial charge is 0.344 e. The largest absolute Gasteiger partial charge is 0.497 e. The topological polar surface area (TPSA) is 61.1 Å². The van der Waals surface area contributed by atoms with Crippen LogP contribution in [0.2, 0.25) is 0 Å². The highest BCUT2D eigenvalue weighted by atomic mass is 16.5. The lowest BCUT2D eigenvalue weighted by atomic mass is 10.0. The average Bonchev–Trinajstić information content (AvgIpc) is 2.87. The maximum absolute atomic E-state index is 12.9. The van der Waals surface area contributed by atoms with Crippen molar-refractivity contribution < 1.29 is 18.6 Å². The molecule has 0 saturated carbocycles. The molecule has 0 fully saturated rings. The van der Waals surface area contributed by atoms with E-state index in [0.29, 0.717) is 24.4 Å². The molecule has 33 heavy (non-hydrogen) atoms. The van der Waals surface area contributed by atoms with Crippen LogP contribution < -0.4 is 19.8 Å². The van der Waals surface area contributed by atoms with E-state index in [0.717, 1.165) is 52.3 Å². The van der Waals surface area contributed by atoms with Gasteiger partial charge >= 0.3 is 5.63 Å². The number of rotatable bonds is 6. The van der Waals surface area contributed by atoms with Crippen molar-refractivity contribution in [3.63, 3.8) is 0 Å². The Labute approximate surface area is 191 Å². The Morgan fingerprint density at radius 2 is 1.79 bits per heavy atom. The Morgan fingerprint density at radius 3 is 2.58 bits per heavy atom. The molecule has 6 heteroatoms. The minimum Gasteiger partial charge on any atom is -0.497 e. The van der Waals surface area contributed by atoms with Crippen LogP contribution in [0.3, 0.4) is 0 Å². The molecule has 0 atom stereocenters. The molecule has 0 aliphatic carbocycles. The molecule has 0 radical (unpaired) electrons. The van der Waals surface area contributed by atoms with E-state index in [-0.39, 0.29) is 5.63 Å². The number of methoxy groups -OCH3 is 2. The maximum atomic E-state index is 12.9. The predicted molar refractivity (Wildman–Crippen MR) is 127 cm³/mol. The second-order valence-electron chi connectivity index (χ2n) is 8.02. The molecule has 0 amide bonds. The van der Waals surface area contributed by atoms with E-state index in [1.54, 1.807) is 14.2 Å². The highest BCUT2D eigenvalue weighted by Gasteiger charge is 2.22. The fourth-order valence-electron chi connectivity index (χ4n) is 4.24. The number of hydrogen-bond donors (Lipinski definition) is 0. The third-order valence-electron chi connectivity index (χ3n) is 6.04. The van der Waals surface area contributed by atoms with Gasteiger partial charge in [-0.25, -0.2) is 4.79 Å². The molecule has 0 N–H and O–H groups in total. The number of ether oxygens (including phenoxy) is 3. The maximum Gasteiger partial charge on any atom is 0.344 e. The Hall–Kier alpha value is -3.77. The van der Waals surface area contributed by atoms with Gasteiger partial charge < -0.3 is 18.6 Å². The van der Waals surface area contributed by atoms with Crippen molar-refractivity contribution in [3.05, 3.63) is 88.3 Å².